The zero-order chi connectivity index (χ0) is 20.0. The predicted molar refractivity (Wildman–Crippen MR) is 105 cm³/mol. The smallest absolute Gasteiger partial charge is 0.243 e. The summed E-state index contributed by atoms with van der Waals surface area (Å²) in [6, 6.07) is 13.1. The maximum absolute atomic E-state index is 12.5. The number of likely N-dealkylation sites (N-methyl/N-ethyl adjacent to an activating group) is 1. The van der Waals surface area contributed by atoms with Crippen molar-refractivity contribution < 1.29 is 18.0 Å². The Bertz CT molecular complexity index is 924. The Morgan fingerprint density at radius 1 is 0.963 bits per heavy atom. The Labute approximate surface area is 159 Å². The molecule has 144 valence electrons. The molecule has 2 aromatic rings. The molecule has 0 unspecified atom stereocenters. The van der Waals surface area contributed by atoms with Gasteiger partial charge in [-0.25, -0.2) is 8.42 Å². The van der Waals surface area contributed by atoms with Gasteiger partial charge < -0.3 is 10.6 Å². The highest BCUT2D eigenvalue weighted by Gasteiger charge is 2.22. The van der Waals surface area contributed by atoms with Gasteiger partial charge in [-0.2, -0.15) is 4.31 Å². The van der Waals surface area contributed by atoms with Gasteiger partial charge in [-0.3, -0.25) is 9.59 Å². The van der Waals surface area contributed by atoms with Crippen molar-refractivity contribution in [2.24, 2.45) is 0 Å². The van der Waals surface area contributed by atoms with E-state index in [1.54, 1.807) is 43.3 Å². The normalized spacial score (nSPS) is 11.3. The second-order valence-corrected chi connectivity index (χ2v) is 8.15. The number of anilines is 2. The van der Waals surface area contributed by atoms with Crippen molar-refractivity contribution in [3.8, 4) is 0 Å². The molecule has 0 spiro atoms. The lowest BCUT2D eigenvalue weighted by molar-refractivity contribution is -0.116. The first-order chi connectivity index (χ1) is 12.7. The molecule has 7 nitrogen and oxygen atoms in total. The van der Waals surface area contributed by atoms with Crippen LogP contribution in [0.4, 0.5) is 11.4 Å². The summed E-state index contributed by atoms with van der Waals surface area (Å²) in [5, 5.41) is 5.34. The summed E-state index contributed by atoms with van der Waals surface area (Å²) in [6.07, 6.45) is 0.345. The minimum Gasteiger partial charge on any atom is -0.326 e. The highest BCUT2D eigenvalue weighted by atomic mass is 32.2. The molecular formula is C19H23N3O4S. The summed E-state index contributed by atoms with van der Waals surface area (Å²) in [6.45, 7) is 3.28. The van der Waals surface area contributed by atoms with Crippen LogP contribution in [-0.2, 0) is 19.6 Å². The number of sulfonamides is 1. The van der Waals surface area contributed by atoms with E-state index in [1.165, 1.54) is 19.2 Å². The molecule has 8 heteroatoms. The fourth-order valence-electron chi connectivity index (χ4n) is 2.30. The van der Waals surface area contributed by atoms with Gasteiger partial charge >= 0.3 is 0 Å². The van der Waals surface area contributed by atoms with E-state index in [0.717, 1.165) is 9.87 Å². The molecule has 0 saturated carbocycles. The number of nitrogens with one attached hydrogen (secondary N) is 2. The number of rotatable bonds is 7. The lowest BCUT2D eigenvalue weighted by Crippen LogP contribution is -2.35. The quantitative estimate of drug-likeness (QED) is 0.761. The van der Waals surface area contributed by atoms with E-state index in [9.17, 15) is 18.0 Å². The standard InChI is InChI=1S/C19H23N3O4S/c1-4-18(23)20-15-6-5-7-16(12-15)21-19(24)13-22(3)27(25,26)17-10-8-14(2)9-11-17/h5-12H,4,13H2,1-3H3,(H,20,23)(H,21,24). The van der Waals surface area contributed by atoms with E-state index in [4.69, 9.17) is 0 Å². The van der Waals surface area contributed by atoms with Gasteiger partial charge in [0.15, 0.2) is 0 Å². The first-order valence-electron chi connectivity index (χ1n) is 8.45. The van der Waals surface area contributed by atoms with Crippen LogP contribution in [0.3, 0.4) is 0 Å². The number of aryl methyl sites for hydroxylation is 1. The minimum absolute atomic E-state index is 0.132. The van der Waals surface area contributed by atoms with Crippen LogP contribution in [0.2, 0.25) is 0 Å². The van der Waals surface area contributed by atoms with Crippen LogP contribution in [0, 0.1) is 6.92 Å². The van der Waals surface area contributed by atoms with Gasteiger partial charge in [0.1, 0.15) is 0 Å². The lowest BCUT2D eigenvalue weighted by Gasteiger charge is -2.17. The van der Waals surface area contributed by atoms with E-state index in [2.05, 4.69) is 10.6 Å². The average Bonchev–Trinajstić information content (AvgIpc) is 2.62. The molecular weight excluding hydrogens is 366 g/mol. The highest BCUT2D eigenvalue weighted by molar-refractivity contribution is 7.89. The average molecular weight is 389 g/mol. The molecule has 0 heterocycles. The maximum Gasteiger partial charge on any atom is 0.243 e. The second-order valence-electron chi connectivity index (χ2n) is 6.10. The number of hydrogen-bond donors (Lipinski definition) is 2. The molecule has 0 saturated heterocycles. The Kier molecular flexibility index (Phi) is 6.70. The Morgan fingerprint density at radius 3 is 2.07 bits per heavy atom. The van der Waals surface area contributed by atoms with E-state index >= 15 is 0 Å². The molecule has 0 aliphatic rings. The topological polar surface area (TPSA) is 95.6 Å². The summed E-state index contributed by atoms with van der Waals surface area (Å²) >= 11 is 0. The summed E-state index contributed by atoms with van der Waals surface area (Å²) in [4.78, 5) is 23.8. The van der Waals surface area contributed by atoms with Crippen molar-refractivity contribution >= 4 is 33.2 Å². The number of amides is 2. The van der Waals surface area contributed by atoms with Gasteiger partial charge in [-0.15, -0.1) is 0 Å². The Balaban J connectivity index is 2.03. The fourth-order valence-corrected chi connectivity index (χ4v) is 3.43. The van der Waals surface area contributed by atoms with Crippen molar-refractivity contribution in [1.29, 1.82) is 0 Å². The van der Waals surface area contributed by atoms with E-state index < -0.39 is 15.9 Å². The third-order valence-electron chi connectivity index (χ3n) is 3.85. The molecule has 0 fully saturated rings. The van der Waals surface area contributed by atoms with Crippen molar-refractivity contribution in [3.63, 3.8) is 0 Å². The van der Waals surface area contributed by atoms with Gasteiger partial charge in [-0.1, -0.05) is 30.7 Å². The zero-order valence-electron chi connectivity index (χ0n) is 15.5. The molecule has 2 amide bonds. The van der Waals surface area contributed by atoms with Crippen molar-refractivity contribution in [1.82, 2.24) is 4.31 Å². The monoisotopic (exact) mass is 389 g/mol. The minimum atomic E-state index is -3.76. The molecule has 0 aliphatic carbocycles. The Hall–Kier alpha value is -2.71. The maximum atomic E-state index is 12.5. The van der Waals surface area contributed by atoms with Crippen LogP contribution in [-0.4, -0.2) is 38.1 Å². The molecule has 0 bridgehead atoms. The largest absolute Gasteiger partial charge is 0.326 e. The van der Waals surface area contributed by atoms with E-state index in [1.807, 2.05) is 6.92 Å². The summed E-state index contributed by atoms with van der Waals surface area (Å²) in [5.41, 5.74) is 1.97. The first kappa shape index (κ1) is 20.6. The van der Waals surface area contributed by atoms with Gasteiger partial charge in [0.25, 0.3) is 0 Å². The van der Waals surface area contributed by atoms with Crippen LogP contribution < -0.4 is 10.6 Å². The van der Waals surface area contributed by atoms with E-state index in [0.29, 0.717) is 17.8 Å². The third-order valence-corrected chi connectivity index (χ3v) is 5.66. The third kappa shape index (κ3) is 5.63. The molecule has 0 aromatic heterocycles. The summed E-state index contributed by atoms with van der Waals surface area (Å²) < 4.78 is 26.1. The van der Waals surface area contributed by atoms with E-state index in [-0.39, 0.29) is 17.3 Å². The number of benzene rings is 2. The molecule has 0 aliphatic heterocycles. The van der Waals surface area contributed by atoms with Crippen LogP contribution in [0.5, 0.6) is 0 Å². The van der Waals surface area contributed by atoms with Gasteiger partial charge in [0.2, 0.25) is 21.8 Å². The van der Waals surface area contributed by atoms with Crippen LogP contribution in [0.25, 0.3) is 0 Å². The summed E-state index contributed by atoms with van der Waals surface area (Å²) in [5.74, 6) is -0.616. The molecule has 27 heavy (non-hydrogen) atoms. The van der Waals surface area contributed by atoms with Crippen molar-refractivity contribution in [2.45, 2.75) is 25.2 Å². The van der Waals surface area contributed by atoms with Gasteiger partial charge in [0.05, 0.1) is 11.4 Å². The zero-order valence-corrected chi connectivity index (χ0v) is 16.3. The van der Waals surface area contributed by atoms with Crippen LogP contribution in [0.1, 0.15) is 18.9 Å². The number of hydrogen-bond acceptors (Lipinski definition) is 4. The summed E-state index contributed by atoms with van der Waals surface area (Å²) in [7, 11) is -2.40. The molecule has 2 rings (SSSR count). The van der Waals surface area contributed by atoms with Crippen LogP contribution in [0.15, 0.2) is 53.4 Å². The first-order valence-corrected chi connectivity index (χ1v) is 9.89. The lowest BCUT2D eigenvalue weighted by atomic mass is 10.2. The van der Waals surface area contributed by atoms with Gasteiger partial charge in [0, 0.05) is 24.8 Å². The number of carbonyl (C=O) groups excluding carboxylic acids is 2. The number of nitrogens with zero attached hydrogens (tertiary/aromatic N) is 1. The SMILES string of the molecule is CCC(=O)Nc1cccc(NC(=O)CN(C)S(=O)(=O)c2ccc(C)cc2)c1. The van der Waals surface area contributed by atoms with Crippen molar-refractivity contribution in [2.75, 3.05) is 24.2 Å². The molecule has 2 N–H and O–H groups in total. The highest BCUT2D eigenvalue weighted by Crippen LogP contribution is 2.17. The van der Waals surface area contributed by atoms with Crippen LogP contribution >= 0.6 is 0 Å². The molecule has 0 radical (unpaired) electrons. The number of carbonyl (C=O) groups is 2. The Morgan fingerprint density at radius 2 is 1.52 bits per heavy atom. The second kappa shape index (κ2) is 8.79. The van der Waals surface area contributed by atoms with Gasteiger partial charge in [-0.05, 0) is 37.3 Å². The molecule has 2 aromatic carbocycles. The van der Waals surface area contributed by atoms with Crippen molar-refractivity contribution in [3.05, 3.63) is 54.1 Å². The predicted octanol–water partition coefficient (Wildman–Crippen LogP) is 2.60. The molecule has 0 atom stereocenters. The fraction of sp³-hybridized carbons (Fsp3) is 0.263.